The zero-order valence-corrected chi connectivity index (χ0v) is 7.35. The summed E-state index contributed by atoms with van der Waals surface area (Å²) in [4.78, 5) is 0. The van der Waals surface area contributed by atoms with Crippen LogP contribution in [-0.2, 0) is 0 Å². The standard InChI is InChI=1S/C7H6BF3O.2H2O/c8-5-2-1-3-6(4-5)12-7(9,10)11;;/h1-4H,8H2;2*1H2. The Hall–Kier alpha value is -1.21. The van der Waals surface area contributed by atoms with Crippen molar-refractivity contribution in [3.05, 3.63) is 24.3 Å². The third kappa shape index (κ3) is 5.44. The summed E-state index contributed by atoms with van der Waals surface area (Å²) in [5.74, 6) is -0.178. The first-order valence-corrected chi connectivity index (χ1v) is 3.30. The van der Waals surface area contributed by atoms with Gasteiger partial charge in [-0.3, -0.25) is 0 Å². The molecule has 0 aliphatic heterocycles. The smallest absolute Gasteiger partial charge is 0.412 e. The Labute approximate surface area is 79.5 Å². The van der Waals surface area contributed by atoms with Gasteiger partial charge in [0, 0.05) is 0 Å². The number of rotatable bonds is 1. The molecule has 0 fully saturated rings. The first-order chi connectivity index (χ1) is 5.47. The molecule has 0 unspecified atom stereocenters. The van der Waals surface area contributed by atoms with Gasteiger partial charge in [-0.15, -0.1) is 13.2 Å². The van der Waals surface area contributed by atoms with Crippen LogP contribution in [0.4, 0.5) is 13.2 Å². The number of benzene rings is 1. The molecule has 1 aromatic carbocycles. The highest BCUT2D eigenvalue weighted by atomic mass is 19.4. The molecular weight excluding hydrogens is 200 g/mol. The summed E-state index contributed by atoms with van der Waals surface area (Å²) in [7, 11) is 1.70. The van der Waals surface area contributed by atoms with Crippen molar-refractivity contribution in [2.75, 3.05) is 0 Å². The lowest BCUT2D eigenvalue weighted by atomic mass is 9.96. The lowest BCUT2D eigenvalue weighted by Gasteiger charge is -2.08. The quantitative estimate of drug-likeness (QED) is 0.559. The second-order valence-electron chi connectivity index (χ2n) is 2.36. The summed E-state index contributed by atoms with van der Waals surface area (Å²) >= 11 is 0. The molecule has 80 valence electrons. The maximum Gasteiger partial charge on any atom is 0.573 e. The van der Waals surface area contributed by atoms with Crippen LogP contribution in [0, 0.1) is 0 Å². The second-order valence-corrected chi connectivity index (χ2v) is 2.36. The zero-order chi connectivity index (χ0) is 9.19. The van der Waals surface area contributed by atoms with Crippen molar-refractivity contribution in [2.24, 2.45) is 0 Å². The molecule has 0 saturated carbocycles. The Bertz CT molecular complexity index is 277. The van der Waals surface area contributed by atoms with Gasteiger partial charge in [0.15, 0.2) is 0 Å². The molecule has 0 radical (unpaired) electrons. The van der Waals surface area contributed by atoms with Crippen LogP contribution in [-0.4, -0.2) is 25.2 Å². The highest BCUT2D eigenvalue weighted by molar-refractivity contribution is 6.32. The maximum atomic E-state index is 11.7. The van der Waals surface area contributed by atoms with Crippen LogP contribution < -0.4 is 10.2 Å². The monoisotopic (exact) mass is 210 g/mol. The van der Waals surface area contributed by atoms with Crippen LogP contribution >= 0.6 is 0 Å². The summed E-state index contributed by atoms with van der Waals surface area (Å²) in [5.41, 5.74) is 0.733. The minimum Gasteiger partial charge on any atom is -0.412 e. The molecule has 14 heavy (non-hydrogen) atoms. The van der Waals surface area contributed by atoms with E-state index in [9.17, 15) is 13.2 Å². The third-order valence-corrected chi connectivity index (χ3v) is 1.22. The summed E-state index contributed by atoms with van der Waals surface area (Å²) < 4.78 is 38.6. The van der Waals surface area contributed by atoms with Gasteiger partial charge in [-0.1, -0.05) is 17.6 Å². The fraction of sp³-hybridized carbons (Fsp3) is 0.143. The number of hydrogen-bond donors (Lipinski definition) is 0. The molecule has 1 rings (SSSR count). The van der Waals surface area contributed by atoms with Crippen molar-refractivity contribution in [1.29, 1.82) is 0 Å². The van der Waals surface area contributed by atoms with Crippen molar-refractivity contribution in [3.8, 4) is 5.75 Å². The molecule has 0 atom stereocenters. The topological polar surface area (TPSA) is 72.2 Å². The number of hydrogen-bond acceptors (Lipinski definition) is 1. The van der Waals surface area contributed by atoms with E-state index in [4.69, 9.17) is 0 Å². The summed E-state index contributed by atoms with van der Waals surface area (Å²) in [6.45, 7) is 0. The molecule has 0 spiro atoms. The van der Waals surface area contributed by atoms with Crippen molar-refractivity contribution in [2.45, 2.75) is 6.36 Å². The third-order valence-electron chi connectivity index (χ3n) is 1.22. The van der Waals surface area contributed by atoms with E-state index in [2.05, 4.69) is 4.74 Å². The molecule has 0 amide bonds. The molecule has 0 bridgehead atoms. The minimum atomic E-state index is -4.60. The van der Waals surface area contributed by atoms with E-state index in [0.717, 1.165) is 5.46 Å². The molecule has 0 aromatic heterocycles. The van der Waals surface area contributed by atoms with E-state index in [0.29, 0.717) is 0 Å². The number of alkyl halides is 3. The van der Waals surface area contributed by atoms with Gasteiger partial charge in [0.25, 0.3) is 0 Å². The van der Waals surface area contributed by atoms with Gasteiger partial charge < -0.3 is 15.7 Å². The van der Waals surface area contributed by atoms with E-state index >= 15 is 0 Å². The predicted octanol–water partition coefficient (Wildman–Crippen LogP) is -0.806. The highest BCUT2D eigenvalue weighted by Crippen LogP contribution is 2.20. The Balaban J connectivity index is 0. The molecule has 3 nitrogen and oxygen atoms in total. The first-order valence-electron chi connectivity index (χ1n) is 3.30. The number of halogens is 3. The molecular formula is C7H10BF3O3. The van der Waals surface area contributed by atoms with Crippen LogP contribution in [0.3, 0.4) is 0 Å². The van der Waals surface area contributed by atoms with Gasteiger partial charge in [-0.2, -0.15) is 0 Å². The zero-order valence-electron chi connectivity index (χ0n) is 7.35. The van der Waals surface area contributed by atoms with E-state index in [1.165, 1.54) is 18.2 Å². The van der Waals surface area contributed by atoms with Crippen LogP contribution in [0.15, 0.2) is 24.3 Å². The SMILES string of the molecule is Bc1cccc(OC(F)(F)F)c1.O.O. The minimum absolute atomic E-state index is 0. The summed E-state index contributed by atoms with van der Waals surface area (Å²) in [6.07, 6.45) is -4.60. The average Bonchev–Trinajstić information content (AvgIpc) is 1.82. The Morgan fingerprint density at radius 3 is 2.14 bits per heavy atom. The van der Waals surface area contributed by atoms with Gasteiger partial charge in [0.1, 0.15) is 13.6 Å². The molecule has 0 aliphatic carbocycles. The predicted molar refractivity (Wildman–Crippen MR) is 48.5 cm³/mol. The molecule has 0 heterocycles. The normalized spacial score (nSPS) is 9.64. The molecule has 0 aliphatic rings. The Kier molecular flexibility index (Phi) is 6.01. The number of ether oxygens (including phenoxy) is 1. The van der Waals surface area contributed by atoms with Crippen molar-refractivity contribution in [3.63, 3.8) is 0 Å². The van der Waals surface area contributed by atoms with Crippen LogP contribution in [0.1, 0.15) is 0 Å². The summed E-state index contributed by atoms with van der Waals surface area (Å²) in [6, 6.07) is 5.80. The Morgan fingerprint density at radius 2 is 1.71 bits per heavy atom. The van der Waals surface area contributed by atoms with E-state index < -0.39 is 6.36 Å². The van der Waals surface area contributed by atoms with Crippen LogP contribution in [0.2, 0.25) is 0 Å². The van der Waals surface area contributed by atoms with Gasteiger partial charge in [0.05, 0.1) is 0 Å². The average molecular weight is 210 g/mol. The van der Waals surface area contributed by atoms with Crippen molar-refractivity contribution in [1.82, 2.24) is 0 Å². The van der Waals surface area contributed by atoms with Gasteiger partial charge in [0.2, 0.25) is 0 Å². The molecule has 4 N–H and O–H groups in total. The van der Waals surface area contributed by atoms with Crippen molar-refractivity contribution < 1.29 is 28.9 Å². The lowest BCUT2D eigenvalue weighted by Crippen LogP contribution is -2.18. The lowest BCUT2D eigenvalue weighted by molar-refractivity contribution is -0.274. The van der Waals surface area contributed by atoms with Gasteiger partial charge in [-0.05, 0) is 12.1 Å². The van der Waals surface area contributed by atoms with Gasteiger partial charge >= 0.3 is 6.36 Å². The highest BCUT2D eigenvalue weighted by Gasteiger charge is 2.30. The van der Waals surface area contributed by atoms with Gasteiger partial charge in [-0.25, -0.2) is 0 Å². The molecule has 1 aromatic rings. The summed E-state index contributed by atoms with van der Waals surface area (Å²) in [5, 5.41) is 0. The van der Waals surface area contributed by atoms with E-state index in [-0.39, 0.29) is 16.7 Å². The van der Waals surface area contributed by atoms with E-state index in [1.54, 1.807) is 13.9 Å². The van der Waals surface area contributed by atoms with Crippen LogP contribution in [0.5, 0.6) is 5.75 Å². The Morgan fingerprint density at radius 1 is 1.14 bits per heavy atom. The largest absolute Gasteiger partial charge is 0.573 e. The fourth-order valence-electron chi connectivity index (χ4n) is 0.812. The maximum absolute atomic E-state index is 11.7. The van der Waals surface area contributed by atoms with Crippen molar-refractivity contribution >= 4 is 13.3 Å². The first kappa shape index (κ1) is 15.3. The van der Waals surface area contributed by atoms with Crippen LogP contribution in [0.25, 0.3) is 0 Å². The van der Waals surface area contributed by atoms with E-state index in [1.807, 2.05) is 0 Å². The second kappa shape index (κ2) is 5.51. The molecule has 7 heteroatoms. The molecule has 0 saturated heterocycles. The fourth-order valence-corrected chi connectivity index (χ4v) is 0.812.